The van der Waals surface area contributed by atoms with E-state index in [1.807, 2.05) is 0 Å². The summed E-state index contributed by atoms with van der Waals surface area (Å²) in [4.78, 5) is 10.7. The van der Waals surface area contributed by atoms with Crippen molar-refractivity contribution in [2.24, 2.45) is 0 Å². The molecule has 5 nitrogen and oxygen atoms in total. The third kappa shape index (κ3) is 2.07. The van der Waals surface area contributed by atoms with Crippen LogP contribution in [0.2, 0.25) is 5.02 Å². The maximum atomic E-state index is 13.2. The Morgan fingerprint density at radius 2 is 2.18 bits per heavy atom. The minimum absolute atomic E-state index is 0.0522. The van der Waals surface area contributed by atoms with Gasteiger partial charge in [-0.1, -0.05) is 11.6 Å². The van der Waals surface area contributed by atoms with E-state index in [0.717, 1.165) is 16.9 Å². The van der Waals surface area contributed by atoms with Crippen LogP contribution in [0.15, 0.2) is 24.4 Å². The number of hydrogen-bond donors (Lipinski definition) is 2. The molecule has 0 saturated heterocycles. The largest absolute Gasteiger partial charge is 0.504 e. The van der Waals surface area contributed by atoms with E-state index in [-0.39, 0.29) is 10.7 Å². The van der Waals surface area contributed by atoms with E-state index in [4.69, 9.17) is 16.7 Å². The fourth-order valence-corrected chi connectivity index (χ4v) is 1.39. The van der Waals surface area contributed by atoms with Gasteiger partial charge in [-0.15, -0.1) is 0 Å². The molecule has 0 aliphatic heterocycles. The van der Waals surface area contributed by atoms with Crippen LogP contribution in [-0.2, 0) is 0 Å². The van der Waals surface area contributed by atoms with Crippen molar-refractivity contribution in [2.75, 3.05) is 0 Å². The molecular weight excluding hydrogens is 251 g/mol. The summed E-state index contributed by atoms with van der Waals surface area (Å²) in [5.41, 5.74) is -0.241. The molecule has 0 unspecified atom stereocenters. The zero-order chi connectivity index (χ0) is 12.6. The molecule has 0 radical (unpaired) electrons. The van der Waals surface area contributed by atoms with Crippen molar-refractivity contribution in [3.05, 3.63) is 40.9 Å². The number of aromatic nitrogens is 2. The van der Waals surface area contributed by atoms with Crippen LogP contribution in [-0.4, -0.2) is 26.0 Å². The number of aromatic carboxylic acids is 1. The summed E-state index contributed by atoms with van der Waals surface area (Å²) in [7, 11) is 0. The van der Waals surface area contributed by atoms with Crippen molar-refractivity contribution in [1.82, 2.24) is 9.78 Å². The predicted octanol–water partition coefficient (Wildman–Crippen LogP) is 2.07. The molecule has 2 aromatic rings. The van der Waals surface area contributed by atoms with Crippen LogP contribution in [0.4, 0.5) is 4.39 Å². The first-order chi connectivity index (χ1) is 7.99. The minimum Gasteiger partial charge on any atom is -0.504 e. The van der Waals surface area contributed by atoms with Crippen molar-refractivity contribution in [1.29, 1.82) is 0 Å². The highest BCUT2D eigenvalue weighted by molar-refractivity contribution is 6.30. The zero-order valence-corrected chi connectivity index (χ0v) is 9.02. The van der Waals surface area contributed by atoms with Crippen molar-refractivity contribution >= 4 is 17.6 Å². The van der Waals surface area contributed by atoms with Gasteiger partial charge in [0.25, 0.3) is 0 Å². The molecule has 0 amide bonds. The number of halogens is 2. The lowest BCUT2D eigenvalue weighted by Crippen LogP contribution is -2.01. The van der Waals surface area contributed by atoms with Crippen LogP contribution in [0.5, 0.6) is 5.75 Å². The van der Waals surface area contributed by atoms with Gasteiger partial charge in [0.2, 0.25) is 5.69 Å². The number of carboxylic acid groups (broad SMARTS) is 1. The predicted molar refractivity (Wildman–Crippen MR) is 57.2 cm³/mol. The highest BCUT2D eigenvalue weighted by Gasteiger charge is 2.16. The maximum Gasteiger partial charge on any atom is 0.360 e. The number of rotatable bonds is 2. The summed E-state index contributed by atoms with van der Waals surface area (Å²) in [6, 6.07) is 3.84. The van der Waals surface area contributed by atoms with Gasteiger partial charge in [-0.25, -0.2) is 13.9 Å². The smallest absolute Gasteiger partial charge is 0.360 e. The first-order valence-corrected chi connectivity index (χ1v) is 4.84. The molecule has 0 aliphatic rings. The van der Waals surface area contributed by atoms with E-state index in [1.54, 1.807) is 0 Å². The molecule has 1 heterocycles. The quantitative estimate of drug-likeness (QED) is 0.862. The fourth-order valence-electron chi connectivity index (χ4n) is 1.28. The van der Waals surface area contributed by atoms with Gasteiger partial charge in [0.05, 0.1) is 16.9 Å². The van der Waals surface area contributed by atoms with Crippen molar-refractivity contribution < 1.29 is 19.4 Å². The van der Waals surface area contributed by atoms with Gasteiger partial charge in [-0.05, 0) is 12.1 Å². The lowest BCUT2D eigenvalue weighted by Gasteiger charge is -2.01. The average molecular weight is 257 g/mol. The summed E-state index contributed by atoms with van der Waals surface area (Å²) >= 11 is 5.51. The van der Waals surface area contributed by atoms with Gasteiger partial charge in [-0.3, -0.25) is 0 Å². The van der Waals surface area contributed by atoms with Gasteiger partial charge < -0.3 is 10.2 Å². The highest BCUT2D eigenvalue weighted by Crippen LogP contribution is 2.21. The van der Waals surface area contributed by atoms with E-state index in [0.29, 0.717) is 0 Å². The van der Waals surface area contributed by atoms with E-state index in [2.05, 4.69) is 5.10 Å². The number of benzene rings is 1. The normalized spacial score (nSPS) is 10.5. The van der Waals surface area contributed by atoms with E-state index in [9.17, 15) is 14.3 Å². The van der Waals surface area contributed by atoms with Crippen molar-refractivity contribution in [3.8, 4) is 11.4 Å². The number of nitrogens with zero attached hydrogens (tertiary/aromatic N) is 2. The van der Waals surface area contributed by atoms with Crippen molar-refractivity contribution in [3.63, 3.8) is 0 Å². The molecule has 0 bridgehead atoms. The molecular formula is C10H6ClFN2O3. The molecule has 88 valence electrons. The Balaban J connectivity index is 2.50. The standard InChI is InChI=1S/C10H6ClFN2O3/c11-6-2-1-5(3-7(6)12)14-4-8(15)9(13-14)10(16)17/h1-4,15H,(H,16,17). The first-order valence-electron chi connectivity index (χ1n) is 4.46. The van der Waals surface area contributed by atoms with Crippen LogP contribution in [0.1, 0.15) is 10.5 Å². The number of hydrogen-bond acceptors (Lipinski definition) is 3. The monoisotopic (exact) mass is 256 g/mol. The van der Waals surface area contributed by atoms with Crippen LogP contribution < -0.4 is 0 Å². The summed E-state index contributed by atoms with van der Waals surface area (Å²) in [6.07, 6.45) is 1.08. The number of carbonyl (C=O) groups is 1. The maximum absolute atomic E-state index is 13.2. The Labute approximate surface area is 99.7 Å². The third-order valence-electron chi connectivity index (χ3n) is 2.07. The average Bonchev–Trinajstić information content (AvgIpc) is 2.64. The summed E-state index contributed by atoms with van der Waals surface area (Å²) in [5, 5.41) is 21.6. The molecule has 7 heteroatoms. The zero-order valence-electron chi connectivity index (χ0n) is 8.26. The van der Waals surface area contributed by atoms with Gasteiger partial charge >= 0.3 is 5.97 Å². The summed E-state index contributed by atoms with van der Waals surface area (Å²) in [5.74, 6) is -2.51. The van der Waals surface area contributed by atoms with Crippen LogP contribution in [0.25, 0.3) is 5.69 Å². The third-order valence-corrected chi connectivity index (χ3v) is 2.37. The molecule has 0 saturated carbocycles. The van der Waals surface area contributed by atoms with Crippen LogP contribution >= 0.6 is 11.6 Å². The van der Waals surface area contributed by atoms with E-state index in [1.165, 1.54) is 12.1 Å². The van der Waals surface area contributed by atoms with Gasteiger partial charge in [0, 0.05) is 6.07 Å². The topological polar surface area (TPSA) is 75.3 Å². The van der Waals surface area contributed by atoms with E-state index < -0.39 is 23.2 Å². The molecule has 2 N–H and O–H groups in total. The molecule has 17 heavy (non-hydrogen) atoms. The van der Waals surface area contributed by atoms with Crippen LogP contribution in [0, 0.1) is 5.82 Å². The van der Waals surface area contributed by atoms with Gasteiger partial charge in [0.15, 0.2) is 5.75 Å². The van der Waals surface area contributed by atoms with Crippen LogP contribution in [0.3, 0.4) is 0 Å². The SMILES string of the molecule is O=C(O)c1nn(-c2ccc(Cl)c(F)c2)cc1O. The lowest BCUT2D eigenvalue weighted by atomic mass is 10.3. The Kier molecular flexibility index (Phi) is 2.72. The molecule has 0 aliphatic carbocycles. The second kappa shape index (κ2) is 4.06. The highest BCUT2D eigenvalue weighted by atomic mass is 35.5. The van der Waals surface area contributed by atoms with Crippen molar-refractivity contribution in [2.45, 2.75) is 0 Å². The first kappa shape index (κ1) is 11.4. The Hall–Kier alpha value is -2.08. The number of aromatic hydroxyl groups is 1. The fraction of sp³-hybridized carbons (Fsp3) is 0. The number of carboxylic acids is 1. The second-order valence-electron chi connectivity index (χ2n) is 3.21. The molecule has 2 rings (SSSR count). The van der Waals surface area contributed by atoms with Gasteiger partial charge in [-0.2, -0.15) is 5.10 Å². The minimum atomic E-state index is -1.37. The Morgan fingerprint density at radius 3 is 2.71 bits per heavy atom. The molecule has 0 spiro atoms. The lowest BCUT2D eigenvalue weighted by molar-refractivity contribution is 0.0687. The molecule has 1 aromatic carbocycles. The summed E-state index contributed by atoms with van der Waals surface area (Å²) in [6.45, 7) is 0. The van der Waals surface area contributed by atoms with Gasteiger partial charge in [0.1, 0.15) is 5.82 Å². The van der Waals surface area contributed by atoms with E-state index >= 15 is 0 Å². The summed E-state index contributed by atoms with van der Waals surface area (Å²) < 4.78 is 14.2. The second-order valence-corrected chi connectivity index (χ2v) is 3.62. The molecule has 0 atom stereocenters. The Bertz CT molecular complexity index is 597. The molecule has 1 aromatic heterocycles. The Morgan fingerprint density at radius 1 is 1.47 bits per heavy atom. The molecule has 0 fully saturated rings.